The molecule has 0 radical (unpaired) electrons. The molecule has 4 nitrogen and oxygen atoms in total. The van der Waals surface area contributed by atoms with Crippen molar-refractivity contribution in [2.75, 3.05) is 18.1 Å². The summed E-state index contributed by atoms with van der Waals surface area (Å²) in [6.07, 6.45) is 0.714. The summed E-state index contributed by atoms with van der Waals surface area (Å²) in [5.74, 6) is 0.869. The van der Waals surface area contributed by atoms with Gasteiger partial charge in [-0.25, -0.2) is 8.42 Å². The van der Waals surface area contributed by atoms with Gasteiger partial charge in [-0.1, -0.05) is 30.4 Å². The molecule has 6 heteroatoms. The molecule has 0 aromatic heterocycles. The Hall–Kier alpha value is -1.14. The average molecular weight is 287 g/mol. The summed E-state index contributed by atoms with van der Waals surface area (Å²) in [5.41, 5.74) is 5.27. The second-order valence-corrected chi connectivity index (χ2v) is 6.71. The summed E-state index contributed by atoms with van der Waals surface area (Å²) in [5, 5.41) is 0. The van der Waals surface area contributed by atoms with E-state index in [1.54, 1.807) is 0 Å². The van der Waals surface area contributed by atoms with Crippen molar-refractivity contribution in [3.63, 3.8) is 0 Å². The first-order valence-electron chi connectivity index (χ1n) is 5.66. The van der Waals surface area contributed by atoms with E-state index in [4.69, 9.17) is 10.5 Å². The number of thiocarbonyl (C=S) groups is 1. The summed E-state index contributed by atoms with van der Waals surface area (Å²) in [4.78, 5) is 0.235. The van der Waals surface area contributed by atoms with Crippen LogP contribution >= 0.6 is 12.2 Å². The molecule has 0 fully saturated rings. The zero-order valence-corrected chi connectivity index (χ0v) is 11.7. The molecule has 0 saturated heterocycles. The Balaban J connectivity index is 2.23. The van der Waals surface area contributed by atoms with E-state index in [0.29, 0.717) is 13.0 Å². The van der Waals surface area contributed by atoms with Gasteiger partial charge in [0.15, 0.2) is 9.84 Å². The maximum atomic E-state index is 11.6. The molecule has 0 unspecified atom stereocenters. The lowest BCUT2D eigenvalue weighted by molar-refractivity contribution is 0.317. The second-order valence-electron chi connectivity index (χ2n) is 3.88. The van der Waals surface area contributed by atoms with Crippen molar-refractivity contribution in [2.24, 2.45) is 5.73 Å². The molecule has 1 rings (SSSR count). The molecule has 0 bridgehead atoms. The van der Waals surface area contributed by atoms with Crippen molar-refractivity contribution >= 4 is 27.0 Å². The van der Waals surface area contributed by atoms with Crippen LogP contribution in [-0.2, 0) is 9.84 Å². The van der Waals surface area contributed by atoms with Crippen LogP contribution in [-0.4, -0.2) is 31.5 Å². The third kappa shape index (κ3) is 6.56. The third-order valence-electron chi connectivity index (χ3n) is 2.27. The molecule has 0 amide bonds. The summed E-state index contributed by atoms with van der Waals surface area (Å²) in [7, 11) is -3.08. The standard InChI is InChI=1S/C12H17NO3S2/c13-12(17)7-10-18(14,15)9-4-8-16-11-5-2-1-3-6-11/h1-3,5-6H,4,7-10H2,(H2,13,17). The molecule has 2 N–H and O–H groups in total. The summed E-state index contributed by atoms with van der Waals surface area (Å²) < 4.78 is 28.6. The first-order chi connectivity index (χ1) is 8.49. The lowest BCUT2D eigenvalue weighted by Crippen LogP contribution is -2.18. The van der Waals surface area contributed by atoms with Gasteiger partial charge >= 0.3 is 0 Å². The van der Waals surface area contributed by atoms with Crippen molar-refractivity contribution in [2.45, 2.75) is 12.8 Å². The van der Waals surface area contributed by atoms with E-state index in [2.05, 4.69) is 12.2 Å². The van der Waals surface area contributed by atoms with Gasteiger partial charge in [-0.05, 0) is 18.6 Å². The SMILES string of the molecule is NC(=S)CCS(=O)(=O)CCCOc1ccccc1. The maximum absolute atomic E-state index is 11.6. The molecule has 0 spiro atoms. The first kappa shape index (κ1) is 14.9. The van der Waals surface area contributed by atoms with E-state index in [9.17, 15) is 8.42 Å². The lowest BCUT2D eigenvalue weighted by Gasteiger charge is -2.06. The Morgan fingerprint density at radius 3 is 2.50 bits per heavy atom. The molecule has 100 valence electrons. The van der Waals surface area contributed by atoms with Crippen LogP contribution in [0.3, 0.4) is 0 Å². The molecule has 0 heterocycles. The van der Waals surface area contributed by atoms with Gasteiger partial charge in [-0.15, -0.1) is 0 Å². The topological polar surface area (TPSA) is 69.4 Å². The predicted molar refractivity (Wildman–Crippen MR) is 76.6 cm³/mol. The van der Waals surface area contributed by atoms with Gasteiger partial charge < -0.3 is 10.5 Å². The molecular formula is C12H17NO3S2. The monoisotopic (exact) mass is 287 g/mol. The van der Waals surface area contributed by atoms with Crippen LogP contribution in [0, 0.1) is 0 Å². The van der Waals surface area contributed by atoms with Crippen molar-refractivity contribution in [1.82, 2.24) is 0 Å². The highest BCUT2D eigenvalue weighted by Crippen LogP contribution is 2.08. The van der Waals surface area contributed by atoms with Crippen molar-refractivity contribution in [1.29, 1.82) is 0 Å². The van der Waals surface area contributed by atoms with Crippen LogP contribution < -0.4 is 10.5 Å². The molecule has 1 aromatic carbocycles. The highest BCUT2D eigenvalue weighted by atomic mass is 32.2. The van der Waals surface area contributed by atoms with Gasteiger partial charge in [-0.2, -0.15) is 0 Å². The van der Waals surface area contributed by atoms with Gasteiger partial charge in [0.05, 0.1) is 23.1 Å². The maximum Gasteiger partial charge on any atom is 0.150 e. The number of ether oxygens (including phenoxy) is 1. The Morgan fingerprint density at radius 1 is 1.22 bits per heavy atom. The quantitative estimate of drug-likeness (QED) is 0.580. The summed E-state index contributed by atoms with van der Waals surface area (Å²) >= 11 is 4.65. The lowest BCUT2D eigenvalue weighted by atomic mass is 10.3. The minimum Gasteiger partial charge on any atom is -0.494 e. The normalized spacial score (nSPS) is 11.1. The molecule has 0 atom stereocenters. The number of hydrogen-bond donors (Lipinski definition) is 1. The highest BCUT2D eigenvalue weighted by molar-refractivity contribution is 7.91. The van der Waals surface area contributed by atoms with E-state index in [1.165, 1.54) is 0 Å². The van der Waals surface area contributed by atoms with Gasteiger partial charge in [-0.3, -0.25) is 0 Å². The number of rotatable bonds is 8. The van der Waals surface area contributed by atoms with Gasteiger partial charge in [0.25, 0.3) is 0 Å². The average Bonchev–Trinajstić information content (AvgIpc) is 2.34. The van der Waals surface area contributed by atoms with E-state index < -0.39 is 9.84 Å². The van der Waals surface area contributed by atoms with Crippen LogP contribution in [0.2, 0.25) is 0 Å². The molecule has 18 heavy (non-hydrogen) atoms. The van der Waals surface area contributed by atoms with Crippen LogP contribution in [0.4, 0.5) is 0 Å². The van der Waals surface area contributed by atoms with Gasteiger partial charge in [0.1, 0.15) is 5.75 Å². The largest absolute Gasteiger partial charge is 0.494 e. The second kappa shape index (κ2) is 7.33. The molecule has 1 aromatic rings. The molecule has 0 saturated carbocycles. The number of nitrogens with two attached hydrogens (primary N) is 1. The number of sulfone groups is 1. The Labute approximate surface area is 113 Å². The fourth-order valence-corrected chi connectivity index (χ4v) is 2.87. The fourth-order valence-electron chi connectivity index (χ4n) is 1.34. The van der Waals surface area contributed by atoms with Gasteiger partial charge in [0, 0.05) is 6.42 Å². The minimum absolute atomic E-state index is 0.0215. The molecule has 0 aliphatic heterocycles. The van der Waals surface area contributed by atoms with E-state index in [1.807, 2.05) is 30.3 Å². The van der Waals surface area contributed by atoms with E-state index in [0.717, 1.165) is 5.75 Å². The number of para-hydroxylation sites is 1. The first-order valence-corrected chi connectivity index (χ1v) is 7.89. The smallest absolute Gasteiger partial charge is 0.150 e. The van der Waals surface area contributed by atoms with Crippen molar-refractivity contribution in [3.8, 4) is 5.75 Å². The fraction of sp³-hybridized carbons (Fsp3) is 0.417. The van der Waals surface area contributed by atoms with Crippen LogP contribution in [0.15, 0.2) is 30.3 Å². The van der Waals surface area contributed by atoms with Crippen LogP contribution in [0.5, 0.6) is 5.75 Å². The number of benzene rings is 1. The van der Waals surface area contributed by atoms with E-state index >= 15 is 0 Å². The van der Waals surface area contributed by atoms with Crippen LogP contribution in [0.1, 0.15) is 12.8 Å². The van der Waals surface area contributed by atoms with Gasteiger partial charge in [0.2, 0.25) is 0 Å². The number of hydrogen-bond acceptors (Lipinski definition) is 4. The minimum atomic E-state index is -3.08. The van der Waals surface area contributed by atoms with Crippen molar-refractivity contribution < 1.29 is 13.2 Å². The summed E-state index contributed by atoms with van der Waals surface area (Å²) in [6.45, 7) is 0.385. The zero-order valence-electron chi connectivity index (χ0n) is 10.0. The van der Waals surface area contributed by atoms with Crippen LogP contribution in [0.25, 0.3) is 0 Å². The third-order valence-corrected chi connectivity index (χ3v) is 4.21. The van der Waals surface area contributed by atoms with Crippen molar-refractivity contribution in [3.05, 3.63) is 30.3 Å². The highest BCUT2D eigenvalue weighted by Gasteiger charge is 2.10. The Morgan fingerprint density at radius 2 is 1.89 bits per heavy atom. The predicted octanol–water partition coefficient (Wildman–Crippen LogP) is 1.55. The molecule has 0 aliphatic carbocycles. The summed E-state index contributed by atoms with van der Waals surface area (Å²) in [6, 6.07) is 9.30. The Bertz CT molecular complexity index is 471. The molecule has 0 aliphatic rings. The van der Waals surface area contributed by atoms with E-state index in [-0.39, 0.29) is 22.9 Å². The molecular weight excluding hydrogens is 270 g/mol. The zero-order chi connectivity index (χ0) is 13.4. The Kier molecular flexibility index (Phi) is 6.07.